The minimum Gasteiger partial charge on any atom is -0.480 e. The summed E-state index contributed by atoms with van der Waals surface area (Å²) in [5.41, 5.74) is 0. The normalized spacial score (nSPS) is 12.2. The predicted molar refractivity (Wildman–Crippen MR) is 39.1 cm³/mol. The van der Waals surface area contributed by atoms with E-state index in [1.54, 1.807) is 0 Å². The minimum atomic E-state index is -1.06. The van der Waals surface area contributed by atoms with Crippen molar-refractivity contribution >= 4 is 24.5 Å². The molecule has 5 heteroatoms. The molecule has 0 rings (SSSR count). The van der Waals surface area contributed by atoms with Crippen LogP contribution in [0.15, 0.2) is 0 Å². The second-order valence-electron chi connectivity index (χ2n) is 1.77. The zero-order valence-electron chi connectivity index (χ0n) is 5.50. The molecule has 0 unspecified atom stereocenters. The van der Waals surface area contributed by atoms with Gasteiger partial charge >= 0.3 is 5.97 Å². The Morgan fingerprint density at radius 1 is 1.70 bits per heavy atom. The molecule has 0 saturated carbocycles. The van der Waals surface area contributed by atoms with Gasteiger partial charge in [-0.05, 0) is 0 Å². The van der Waals surface area contributed by atoms with Gasteiger partial charge in [0, 0.05) is 12.7 Å². The van der Waals surface area contributed by atoms with Crippen LogP contribution in [0.25, 0.3) is 0 Å². The first kappa shape index (κ1) is 9.29. The molecule has 1 amide bonds. The van der Waals surface area contributed by atoms with Gasteiger partial charge in [-0.15, -0.1) is 0 Å². The number of hydrogen-bond donors (Lipinski definition) is 3. The minimum absolute atomic E-state index is 0.106. The number of carbonyl (C=O) groups excluding carboxylic acids is 1. The van der Waals surface area contributed by atoms with E-state index in [0.29, 0.717) is 0 Å². The first-order valence-electron chi connectivity index (χ1n) is 2.68. The van der Waals surface area contributed by atoms with E-state index in [4.69, 9.17) is 5.11 Å². The van der Waals surface area contributed by atoms with Crippen molar-refractivity contribution < 1.29 is 14.7 Å². The van der Waals surface area contributed by atoms with E-state index < -0.39 is 12.0 Å². The standard InChI is InChI=1S/C5H9NO3S/c1-3(7)6-4(2-10)5(8)9/h4,10H,2H2,1H3,(H,6,7)(H,8,9)/t4-/m0/s1/i2+1. The Labute approximate surface area is 64.0 Å². The van der Waals surface area contributed by atoms with Gasteiger partial charge < -0.3 is 10.4 Å². The van der Waals surface area contributed by atoms with Gasteiger partial charge in [0.1, 0.15) is 6.04 Å². The molecule has 4 nitrogen and oxygen atoms in total. The van der Waals surface area contributed by atoms with Crippen LogP contribution in [0.4, 0.5) is 0 Å². The molecule has 0 spiro atoms. The lowest BCUT2D eigenvalue weighted by atomic mass is 10.4. The largest absolute Gasteiger partial charge is 0.480 e. The van der Waals surface area contributed by atoms with Gasteiger partial charge in [-0.3, -0.25) is 4.79 Å². The molecule has 0 saturated heterocycles. The SMILES string of the molecule is CC(=O)N[C@@H]([13CH2]S)C(=O)O. The van der Waals surface area contributed by atoms with E-state index in [0.717, 1.165) is 0 Å². The smallest absolute Gasteiger partial charge is 0.327 e. The number of amides is 1. The van der Waals surface area contributed by atoms with Gasteiger partial charge in [-0.1, -0.05) is 0 Å². The molecule has 0 aromatic carbocycles. The average Bonchev–Trinajstić information content (AvgIpc) is 1.81. The van der Waals surface area contributed by atoms with Crippen LogP contribution < -0.4 is 5.32 Å². The van der Waals surface area contributed by atoms with E-state index in [2.05, 4.69) is 17.9 Å². The summed E-state index contributed by atoms with van der Waals surface area (Å²) in [4.78, 5) is 20.5. The fraction of sp³-hybridized carbons (Fsp3) is 0.600. The Morgan fingerprint density at radius 2 is 2.20 bits per heavy atom. The van der Waals surface area contributed by atoms with Gasteiger partial charge in [-0.2, -0.15) is 12.6 Å². The Bertz CT molecular complexity index is 148. The molecule has 0 aliphatic heterocycles. The maximum absolute atomic E-state index is 10.3. The molecule has 2 N–H and O–H groups in total. The maximum atomic E-state index is 10.3. The average molecular weight is 164 g/mol. The highest BCUT2D eigenvalue weighted by molar-refractivity contribution is 7.80. The van der Waals surface area contributed by atoms with Gasteiger partial charge in [0.15, 0.2) is 0 Å². The molecular formula is C5H9NO3S. The third-order valence-electron chi connectivity index (χ3n) is 0.858. The summed E-state index contributed by atoms with van der Waals surface area (Å²) in [5, 5.41) is 10.6. The summed E-state index contributed by atoms with van der Waals surface area (Å²) in [6.07, 6.45) is 0. The van der Waals surface area contributed by atoms with Crippen molar-refractivity contribution in [2.45, 2.75) is 13.0 Å². The maximum Gasteiger partial charge on any atom is 0.327 e. The first-order valence-corrected chi connectivity index (χ1v) is 3.32. The van der Waals surface area contributed by atoms with Crippen LogP contribution in [0.3, 0.4) is 0 Å². The van der Waals surface area contributed by atoms with Crippen molar-refractivity contribution in [3.63, 3.8) is 0 Å². The molecule has 0 aromatic rings. The Kier molecular flexibility index (Phi) is 3.87. The van der Waals surface area contributed by atoms with Crippen LogP contribution in [-0.2, 0) is 9.59 Å². The molecule has 1 atom stereocenters. The van der Waals surface area contributed by atoms with E-state index in [1.807, 2.05) is 0 Å². The second-order valence-corrected chi connectivity index (χ2v) is 2.14. The third-order valence-corrected chi connectivity index (χ3v) is 1.22. The summed E-state index contributed by atoms with van der Waals surface area (Å²) in [6, 6.07) is -0.874. The zero-order valence-corrected chi connectivity index (χ0v) is 6.39. The lowest BCUT2D eigenvalue weighted by Crippen LogP contribution is -2.40. The number of hydrogen-bond acceptors (Lipinski definition) is 3. The van der Waals surface area contributed by atoms with Crippen molar-refractivity contribution in [1.82, 2.24) is 5.32 Å². The fourth-order valence-electron chi connectivity index (χ4n) is 0.431. The van der Waals surface area contributed by atoms with Crippen LogP contribution >= 0.6 is 12.6 Å². The van der Waals surface area contributed by atoms with Crippen LogP contribution in [-0.4, -0.2) is 28.8 Å². The molecular weight excluding hydrogens is 155 g/mol. The predicted octanol–water partition coefficient (Wildman–Crippen LogP) is -0.494. The third kappa shape index (κ3) is 3.34. The molecule has 0 radical (unpaired) electrons. The molecule has 0 aliphatic rings. The number of carboxylic acid groups (broad SMARTS) is 1. The van der Waals surface area contributed by atoms with Crippen LogP contribution in [0.1, 0.15) is 6.92 Å². The number of rotatable bonds is 3. The van der Waals surface area contributed by atoms with Crippen LogP contribution in [0.5, 0.6) is 0 Å². The lowest BCUT2D eigenvalue weighted by molar-refractivity contribution is -0.140. The molecule has 10 heavy (non-hydrogen) atoms. The fourth-order valence-corrected chi connectivity index (χ4v) is 0.678. The highest BCUT2D eigenvalue weighted by atomic mass is 32.1. The van der Waals surface area contributed by atoms with Crippen LogP contribution in [0.2, 0.25) is 0 Å². The molecule has 0 aliphatic carbocycles. The van der Waals surface area contributed by atoms with Crippen molar-refractivity contribution in [3.05, 3.63) is 0 Å². The number of nitrogens with one attached hydrogen (secondary N) is 1. The molecule has 0 heterocycles. The van der Waals surface area contributed by atoms with Gasteiger partial charge in [-0.25, -0.2) is 4.79 Å². The molecule has 0 bridgehead atoms. The van der Waals surface area contributed by atoms with Crippen molar-refractivity contribution in [3.8, 4) is 0 Å². The lowest BCUT2D eigenvalue weighted by Gasteiger charge is -2.08. The van der Waals surface area contributed by atoms with E-state index in [-0.39, 0.29) is 11.7 Å². The zero-order chi connectivity index (χ0) is 8.15. The van der Waals surface area contributed by atoms with Crippen molar-refractivity contribution in [2.24, 2.45) is 0 Å². The number of carboxylic acids is 1. The second kappa shape index (κ2) is 4.16. The van der Waals surface area contributed by atoms with E-state index >= 15 is 0 Å². The first-order chi connectivity index (χ1) is 4.57. The van der Waals surface area contributed by atoms with E-state index in [1.165, 1.54) is 6.92 Å². The Balaban J connectivity index is 3.83. The van der Waals surface area contributed by atoms with Gasteiger partial charge in [0.2, 0.25) is 5.91 Å². The number of aliphatic carboxylic acids is 1. The van der Waals surface area contributed by atoms with Gasteiger partial charge in [0.25, 0.3) is 0 Å². The number of carbonyl (C=O) groups is 2. The van der Waals surface area contributed by atoms with E-state index in [9.17, 15) is 9.59 Å². The molecule has 58 valence electrons. The summed E-state index contributed by atoms with van der Waals surface area (Å²) < 4.78 is 0. The topological polar surface area (TPSA) is 66.4 Å². The van der Waals surface area contributed by atoms with Crippen molar-refractivity contribution in [1.29, 1.82) is 0 Å². The highest BCUT2D eigenvalue weighted by Crippen LogP contribution is 1.86. The molecule has 0 aromatic heterocycles. The van der Waals surface area contributed by atoms with Crippen LogP contribution in [0, 0.1) is 0 Å². The molecule has 0 fully saturated rings. The van der Waals surface area contributed by atoms with Crippen molar-refractivity contribution in [2.75, 3.05) is 5.75 Å². The Morgan fingerprint density at radius 3 is 2.30 bits per heavy atom. The van der Waals surface area contributed by atoms with Gasteiger partial charge in [0.05, 0.1) is 0 Å². The summed E-state index contributed by atoms with van der Waals surface area (Å²) in [7, 11) is 0. The summed E-state index contributed by atoms with van der Waals surface area (Å²) in [5.74, 6) is -1.32. The highest BCUT2D eigenvalue weighted by Gasteiger charge is 2.14. The summed E-state index contributed by atoms with van der Waals surface area (Å²) >= 11 is 3.73. The monoisotopic (exact) mass is 164 g/mol. The summed E-state index contributed by atoms with van der Waals surface area (Å²) in [6.45, 7) is 1.26. The quantitative estimate of drug-likeness (QED) is 0.389. The Hall–Kier alpha value is -0.710. The number of thiol groups is 1.